The molecule has 1 aliphatic heterocycles. The molecule has 0 aliphatic carbocycles. The van der Waals surface area contributed by atoms with E-state index in [9.17, 15) is 22.7 Å². The van der Waals surface area contributed by atoms with Gasteiger partial charge < -0.3 is 15.7 Å². The van der Waals surface area contributed by atoms with E-state index in [2.05, 4.69) is 10.6 Å². The molecule has 1 aliphatic rings. The molecule has 0 fully saturated rings. The predicted molar refractivity (Wildman–Crippen MR) is 110 cm³/mol. The van der Waals surface area contributed by atoms with E-state index in [1.165, 1.54) is 24.3 Å². The maximum atomic E-state index is 13.9. The van der Waals surface area contributed by atoms with Crippen molar-refractivity contribution >= 4 is 5.69 Å². The molecule has 0 saturated carbocycles. The predicted octanol–water partition coefficient (Wildman–Crippen LogP) is 5.48. The van der Waals surface area contributed by atoms with Gasteiger partial charge in [-0.3, -0.25) is 0 Å². The van der Waals surface area contributed by atoms with Crippen LogP contribution < -0.4 is 10.6 Å². The first-order valence-electron chi connectivity index (χ1n) is 10.3. The minimum absolute atomic E-state index is 0.0840. The molecule has 0 unspecified atom stereocenters. The van der Waals surface area contributed by atoms with E-state index in [1.807, 2.05) is 13.0 Å². The molecule has 0 bridgehead atoms. The number of hydrogen-bond donors (Lipinski definition) is 3. The molecule has 4 atom stereocenters. The van der Waals surface area contributed by atoms with E-state index in [1.54, 1.807) is 13.1 Å². The van der Waals surface area contributed by atoms with Gasteiger partial charge in [-0.15, -0.1) is 0 Å². The first kappa shape index (κ1) is 22.6. The van der Waals surface area contributed by atoms with Crippen molar-refractivity contribution in [1.82, 2.24) is 5.32 Å². The van der Waals surface area contributed by atoms with Crippen molar-refractivity contribution in [1.29, 1.82) is 0 Å². The number of anilines is 1. The summed E-state index contributed by atoms with van der Waals surface area (Å²) < 4.78 is 53.8. The van der Waals surface area contributed by atoms with Crippen LogP contribution in [0.3, 0.4) is 0 Å². The maximum Gasteiger partial charge on any atom is 0.416 e. The van der Waals surface area contributed by atoms with Gasteiger partial charge in [0.25, 0.3) is 0 Å². The van der Waals surface area contributed by atoms with Crippen molar-refractivity contribution in [3.05, 3.63) is 65.0 Å². The van der Waals surface area contributed by atoms with Gasteiger partial charge in [-0.1, -0.05) is 19.1 Å². The Morgan fingerprint density at radius 2 is 1.93 bits per heavy atom. The molecular formula is C23H28F4N2O. The molecule has 2 aromatic carbocycles. The van der Waals surface area contributed by atoms with Gasteiger partial charge in [-0.2, -0.15) is 13.2 Å². The molecule has 3 N–H and O–H groups in total. The molecule has 30 heavy (non-hydrogen) atoms. The Morgan fingerprint density at radius 3 is 2.57 bits per heavy atom. The van der Waals surface area contributed by atoms with Crippen LogP contribution in [0, 0.1) is 11.7 Å². The smallest absolute Gasteiger partial charge is 0.392 e. The van der Waals surface area contributed by atoms with Gasteiger partial charge in [-0.05, 0) is 79.6 Å². The first-order valence-corrected chi connectivity index (χ1v) is 10.3. The molecule has 0 spiro atoms. The average molecular weight is 424 g/mol. The molecular weight excluding hydrogens is 396 g/mol. The Labute approximate surface area is 174 Å². The van der Waals surface area contributed by atoms with E-state index < -0.39 is 17.8 Å². The normalized spacial score (nSPS) is 22.3. The molecule has 3 rings (SSSR count). The minimum Gasteiger partial charge on any atom is -0.392 e. The van der Waals surface area contributed by atoms with Crippen LogP contribution in [0.4, 0.5) is 23.2 Å². The van der Waals surface area contributed by atoms with Crippen molar-refractivity contribution in [2.45, 2.75) is 50.4 Å². The summed E-state index contributed by atoms with van der Waals surface area (Å²) >= 11 is 0. The zero-order valence-corrected chi connectivity index (χ0v) is 17.1. The summed E-state index contributed by atoms with van der Waals surface area (Å²) in [7, 11) is 1.75. The first-order chi connectivity index (χ1) is 14.2. The fraction of sp³-hybridized carbons (Fsp3) is 0.478. The molecule has 0 radical (unpaired) electrons. The van der Waals surface area contributed by atoms with Crippen LogP contribution in [0.1, 0.15) is 54.8 Å². The van der Waals surface area contributed by atoms with Gasteiger partial charge >= 0.3 is 6.18 Å². The van der Waals surface area contributed by atoms with E-state index in [-0.39, 0.29) is 23.7 Å². The van der Waals surface area contributed by atoms with Crippen LogP contribution in [-0.2, 0) is 6.18 Å². The molecule has 0 amide bonds. The van der Waals surface area contributed by atoms with E-state index in [0.29, 0.717) is 37.1 Å². The highest BCUT2D eigenvalue weighted by Gasteiger charge is 2.39. The Morgan fingerprint density at radius 1 is 1.17 bits per heavy atom. The van der Waals surface area contributed by atoms with Gasteiger partial charge in [0.05, 0.1) is 17.7 Å². The quantitative estimate of drug-likeness (QED) is 0.516. The van der Waals surface area contributed by atoms with Gasteiger partial charge in [0.1, 0.15) is 5.82 Å². The van der Waals surface area contributed by atoms with Crippen molar-refractivity contribution in [2.24, 2.45) is 5.92 Å². The van der Waals surface area contributed by atoms with Crippen LogP contribution in [-0.4, -0.2) is 24.8 Å². The van der Waals surface area contributed by atoms with Crippen LogP contribution in [0.15, 0.2) is 42.5 Å². The van der Waals surface area contributed by atoms with Gasteiger partial charge in [-0.25, -0.2) is 4.39 Å². The summed E-state index contributed by atoms with van der Waals surface area (Å²) in [5, 5.41) is 16.5. The Balaban J connectivity index is 2.01. The number of fused-ring (bicyclic) bond motifs is 1. The van der Waals surface area contributed by atoms with Gasteiger partial charge in [0.15, 0.2) is 0 Å². The molecule has 164 valence electrons. The third-order valence-electron chi connectivity index (χ3n) is 5.95. The number of aliphatic hydroxyl groups is 1. The van der Waals surface area contributed by atoms with Crippen LogP contribution in [0.25, 0.3) is 0 Å². The summed E-state index contributed by atoms with van der Waals surface area (Å²) in [5.41, 5.74) is 1.37. The van der Waals surface area contributed by atoms with Crippen molar-refractivity contribution in [3.8, 4) is 0 Å². The number of nitrogens with one attached hydrogen (secondary N) is 2. The largest absolute Gasteiger partial charge is 0.416 e. The zero-order chi connectivity index (χ0) is 21.9. The number of likely N-dealkylation sites (N-methyl/N-ethyl adjacent to an activating group) is 1. The summed E-state index contributed by atoms with van der Waals surface area (Å²) in [6.07, 6.45) is -3.21. The zero-order valence-electron chi connectivity index (χ0n) is 17.1. The standard InChI is InChI=1S/C23H28F4N2O/c1-3-18-19(9-8-17(30)13-28-2)22(14-5-4-6-16(24)11-14)29-21-10-7-15(12-20(18)21)23(25,26)27/h4-7,10-12,17-19,22,28-30H,3,8-9,13H2,1-2H3/t17-,18+,19-,22+/m1/s1. The lowest BCUT2D eigenvalue weighted by atomic mass is 9.71. The molecule has 7 heteroatoms. The number of aliphatic hydroxyl groups excluding tert-OH is 1. The fourth-order valence-corrected chi connectivity index (χ4v) is 4.56. The van der Waals surface area contributed by atoms with Gasteiger partial charge in [0, 0.05) is 12.2 Å². The topological polar surface area (TPSA) is 44.3 Å². The Hall–Kier alpha value is -2.12. The second kappa shape index (κ2) is 9.35. The summed E-state index contributed by atoms with van der Waals surface area (Å²) in [5.74, 6) is -0.576. The highest BCUT2D eigenvalue weighted by atomic mass is 19.4. The van der Waals surface area contributed by atoms with Crippen molar-refractivity contribution < 1.29 is 22.7 Å². The van der Waals surface area contributed by atoms with Crippen molar-refractivity contribution in [3.63, 3.8) is 0 Å². The second-order valence-corrected chi connectivity index (χ2v) is 7.94. The third-order valence-corrected chi connectivity index (χ3v) is 5.95. The maximum absolute atomic E-state index is 13.9. The summed E-state index contributed by atoms with van der Waals surface area (Å²) in [6, 6.07) is 9.85. The summed E-state index contributed by atoms with van der Waals surface area (Å²) in [6.45, 7) is 2.40. The number of halogens is 4. The summed E-state index contributed by atoms with van der Waals surface area (Å²) in [4.78, 5) is 0. The average Bonchev–Trinajstić information content (AvgIpc) is 2.70. The highest BCUT2D eigenvalue weighted by molar-refractivity contribution is 5.59. The van der Waals surface area contributed by atoms with Gasteiger partial charge in [0.2, 0.25) is 0 Å². The van der Waals surface area contributed by atoms with E-state index >= 15 is 0 Å². The molecule has 0 aromatic heterocycles. The monoisotopic (exact) mass is 424 g/mol. The highest BCUT2D eigenvalue weighted by Crippen LogP contribution is 2.49. The number of benzene rings is 2. The van der Waals surface area contributed by atoms with Crippen LogP contribution in [0.5, 0.6) is 0 Å². The molecule has 0 saturated heterocycles. The van der Waals surface area contributed by atoms with E-state index in [4.69, 9.17) is 0 Å². The molecule has 3 nitrogen and oxygen atoms in total. The lowest BCUT2D eigenvalue weighted by Gasteiger charge is -2.41. The van der Waals surface area contributed by atoms with E-state index in [0.717, 1.165) is 11.6 Å². The number of alkyl halides is 3. The second-order valence-electron chi connectivity index (χ2n) is 7.94. The SMILES string of the molecule is CC[C@@H]1c2cc(C(F)(F)F)ccc2N[C@@H](c2cccc(F)c2)[C@@H]1CC[C@@H](O)CNC. The lowest BCUT2D eigenvalue weighted by molar-refractivity contribution is -0.137. The number of hydrogen-bond acceptors (Lipinski definition) is 3. The van der Waals surface area contributed by atoms with Crippen LogP contribution >= 0.6 is 0 Å². The third kappa shape index (κ3) is 4.95. The van der Waals surface area contributed by atoms with Crippen molar-refractivity contribution in [2.75, 3.05) is 18.9 Å². The number of rotatable bonds is 7. The molecule has 1 heterocycles. The minimum atomic E-state index is -4.41. The lowest BCUT2D eigenvalue weighted by Crippen LogP contribution is -2.33. The fourth-order valence-electron chi connectivity index (χ4n) is 4.56. The Kier molecular flexibility index (Phi) is 7.03. The Bertz CT molecular complexity index is 855. The molecule has 2 aromatic rings. The van der Waals surface area contributed by atoms with Crippen LogP contribution in [0.2, 0.25) is 0 Å².